The quantitative estimate of drug-likeness (QED) is 0.835. The van der Waals surface area contributed by atoms with E-state index >= 15 is 0 Å². The fraction of sp³-hybridized carbons (Fsp3) is 0.250. The van der Waals surface area contributed by atoms with Gasteiger partial charge in [0.05, 0.1) is 7.11 Å². The number of rotatable bonds is 5. The van der Waals surface area contributed by atoms with Crippen LogP contribution in [0.5, 0.6) is 5.75 Å². The van der Waals surface area contributed by atoms with E-state index in [9.17, 15) is 4.39 Å². The molecule has 2 aromatic carbocycles. The van der Waals surface area contributed by atoms with Gasteiger partial charge in [0.15, 0.2) is 0 Å². The Kier molecular flexibility index (Phi) is 5.45. The molecular weight excluding hydrogens is 312 g/mol. The molecule has 0 fully saturated rings. The van der Waals surface area contributed by atoms with Crippen LogP contribution >= 0.6 is 23.2 Å². The minimum Gasteiger partial charge on any atom is -0.496 e. The molecule has 2 aromatic rings. The molecule has 0 bridgehead atoms. The third-order valence-electron chi connectivity index (χ3n) is 3.30. The van der Waals surface area contributed by atoms with Gasteiger partial charge in [0.1, 0.15) is 11.6 Å². The van der Waals surface area contributed by atoms with E-state index in [4.69, 9.17) is 27.9 Å². The van der Waals surface area contributed by atoms with Gasteiger partial charge in [-0.05, 0) is 37.3 Å². The zero-order valence-electron chi connectivity index (χ0n) is 11.8. The van der Waals surface area contributed by atoms with E-state index < -0.39 is 0 Å². The van der Waals surface area contributed by atoms with Crippen LogP contribution in [0.1, 0.15) is 24.1 Å². The highest BCUT2D eigenvalue weighted by molar-refractivity contribution is 6.35. The van der Waals surface area contributed by atoms with Gasteiger partial charge in [0.25, 0.3) is 0 Å². The van der Waals surface area contributed by atoms with Crippen molar-refractivity contribution in [2.75, 3.05) is 7.11 Å². The molecule has 21 heavy (non-hydrogen) atoms. The molecule has 0 aliphatic rings. The zero-order valence-corrected chi connectivity index (χ0v) is 13.3. The molecule has 0 heterocycles. The molecule has 1 unspecified atom stereocenters. The lowest BCUT2D eigenvalue weighted by Gasteiger charge is -2.18. The number of halogens is 3. The van der Waals surface area contributed by atoms with E-state index in [0.29, 0.717) is 22.3 Å². The Morgan fingerprint density at radius 3 is 2.48 bits per heavy atom. The number of hydrogen-bond donors (Lipinski definition) is 1. The number of methoxy groups -OCH3 is 1. The van der Waals surface area contributed by atoms with Gasteiger partial charge in [-0.3, -0.25) is 0 Å². The van der Waals surface area contributed by atoms with Crippen LogP contribution in [0.2, 0.25) is 10.0 Å². The average molecular weight is 328 g/mol. The Morgan fingerprint density at radius 1 is 1.19 bits per heavy atom. The van der Waals surface area contributed by atoms with Crippen LogP contribution in [-0.4, -0.2) is 7.11 Å². The number of benzene rings is 2. The van der Waals surface area contributed by atoms with Gasteiger partial charge < -0.3 is 10.1 Å². The molecule has 0 aromatic heterocycles. The minimum absolute atomic E-state index is 0.108. The summed E-state index contributed by atoms with van der Waals surface area (Å²) in [5, 5.41) is 4.49. The van der Waals surface area contributed by atoms with Crippen molar-refractivity contribution in [3.05, 3.63) is 63.4 Å². The van der Waals surface area contributed by atoms with Crippen LogP contribution in [0.4, 0.5) is 4.39 Å². The van der Waals surface area contributed by atoms with E-state index in [1.54, 1.807) is 31.4 Å². The summed E-state index contributed by atoms with van der Waals surface area (Å²) < 4.78 is 18.7. The first-order valence-electron chi connectivity index (χ1n) is 6.52. The summed E-state index contributed by atoms with van der Waals surface area (Å²) >= 11 is 12.3. The van der Waals surface area contributed by atoms with Gasteiger partial charge in [-0.2, -0.15) is 0 Å². The molecule has 1 atom stereocenters. The fourth-order valence-electron chi connectivity index (χ4n) is 2.11. The van der Waals surface area contributed by atoms with Gasteiger partial charge in [-0.1, -0.05) is 29.3 Å². The fourth-order valence-corrected chi connectivity index (χ4v) is 2.64. The van der Waals surface area contributed by atoms with Crippen molar-refractivity contribution in [1.82, 2.24) is 5.32 Å². The standard InChI is InChI=1S/C16H16Cl2FNO/c1-10(12-8-11(19)6-7-16(12)21-2)20-9-13-14(17)4-3-5-15(13)18/h3-8,10,20H,9H2,1-2H3. The number of ether oxygens (including phenoxy) is 1. The molecule has 5 heteroatoms. The second kappa shape index (κ2) is 7.12. The second-order valence-corrected chi connectivity index (χ2v) is 5.50. The summed E-state index contributed by atoms with van der Waals surface area (Å²) in [6.07, 6.45) is 0. The molecule has 0 saturated carbocycles. The molecule has 2 rings (SSSR count). The summed E-state index contributed by atoms with van der Waals surface area (Å²) in [4.78, 5) is 0. The highest BCUT2D eigenvalue weighted by Gasteiger charge is 2.13. The largest absolute Gasteiger partial charge is 0.496 e. The third-order valence-corrected chi connectivity index (χ3v) is 4.01. The topological polar surface area (TPSA) is 21.3 Å². The maximum atomic E-state index is 13.4. The summed E-state index contributed by atoms with van der Waals surface area (Å²) in [5.41, 5.74) is 1.57. The molecule has 1 N–H and O–H groups in total. The Morgan fingerprint density at radius 2 is 1.86 bits per heavy atom. The van der Waals surface area contributed by atoms with Crippen LogP contribution in [0.25, 0.3) is 0 Å². The van der Waals surface area contributed by atoms with E-state index in [1.165, 1.54) is 12.1 Å². The predicted octanol–water partition coefficient (Wildman–Crippen LogP) is 4.99. The van der Waals surface area contributed by atoms with Gasteiger partial charge in [0, 0.05) is 33.8 Å². The molecule has 0 radical (unpaired) electrons. The molecule has 2 nitrogen and oxygen atoms in total. The third kappa shape index (κ3) is 3.88. The molecule has 0 amide bonds. The van der Waals surface area contributed by atoms with Gasteiger partial charge >= 0.3 is 0 Å². The Hall–Kier alpha value is -1.29. The first-order chi connectivity index (χ1) is 10.0. The Balaban J connectivity index is 2.15. The number of nitrogens with one attached hydrogen (secondary N) is 1. The Bertz CT molecular complexity index is 613. The first-order valence-corrected chi connectivity index (χ1v) is 7.28. The lowest BCUT2D eigenvalue weighted by molar-refractivity contribution is 0.399. The van der Waals surface area contributed by atoms with Gasteiger partial charge in [0.2, 0.25) is 0 Å². The van der Waals surface area contributed by atoms with Crippen LogP contribution in [-0.2, 0) is 6.54 Å². The molecule has 0 saturated heterocycles. The average Bonchev–Trinajstić information content (AvgIpc) is 2.46. The highest BCUT2D eigenvalue weighted by Crippen LogP contribution is 2.28. The lowest BCUT2D eigenvalue weighted by atomic mass is 10.1. The normalized spacial score (nSPS) is 12.2. The minimum atomic E-state index is -0.296. The van der Waals surface area contributed by atoms with Crippen LogP contribution in [0, 0.1) is 5.82 Å². The van der Waals surface area contributed by atoms with Crippen molar-refractivity contribution in [2.24, 2.45) is 0 Å². The lowest BCUT2D eigenvalue weighted by Crippen LogP contribution is -2.19. The maximum absolute atomic E-state index is 13.4. The van der Waals surface area contributed by atoms with Crippen molar-refractivity contribution in [1.29, 1.82) is 0 Å². The van der Waals surface area contributed by atoms with Crippen molar-refractivity contribution in [2.45, 2.75) is 19.5 Å². The van der Waals surface area contributed by atoms with Crippen molar-refractivity contribution in [3.8, 4) is 5.75 Å². The zero-order chi connectivity index (χ0) is 15.4. The van der Waals surface area contributed by atoms with E-state index in [2.05, 4.69) is 5.32 Å². The van der Waals surface area contributed by atoms with Gasteiger partial charge in [-0.15, -0.1) is 0 Å². The number of hydrogen-bond acceptors (Lipinski definition) is 2. The molecule has 112 valence electrons. The van der Waals surface area contributed by atoms with Crippen LogP contribution in [0.3, 0.4) is 0 Å². The smallest absolute Gasteiger partial charge is 0.123 e. The summed E-state index contributed by atoms with van der Waals surface area (Å²) in [5.74, 6) is 0.344. The maximum Gasteiger partial charge on any atom is 0.123 e. The Labute approximate surface area is 133 Å². The van der Waals surface area contributed by atoms with Crippen LogP contribution in [0.15, 0.2) is 36.4 Å². The molecule has 0 aliphatic carbocycles. The monoisotopic (exact) mass is 327 g/mol. The van der Waals surface area contributed by atoms with Crippen LogP contribution < -0.4 is 10.1 Å². The molecular formula is C16H16Cl2FNO. The van der Waals surface area contributed by atoms with Crippen molar-refractivity contribution < 1.29 is 9.13 Å². The van der Waals surface area contributed by atoms with E-state index in [0.717, 1.165) is 11.1 Å². The van der Waals surface area contributed by atoms with E-state index in [-0.39, 0.29) is 11.9 Å². The van der Waals surface area contributed by atoms with Gasteiger partial charge in [-0.25, -0.2) is 4.39 Å². The summed E-state index contributed by atoms with van der Waals surface area (Å²) in [6.45, 7) is 2.42. The first kappa shape index (κ1) is 16.1. The predicted molar refractivity (Wildman–Crippen MR) is 84.7 cm³/mol. The van der Waals surface area contributed by atoms with E-state index in [1.807, 2.05) is 6.92 Å². The molecule has 0 aliphatic heterocycles. The highest BCUT2D eigenvalue weighted by atomic mass is 35.5. The molecule has 0 spiro atoms. The SMILES string of the molecule is COc1ccc(F)cc1C(C)NCc1c(Cl)cccc1Cl. The second-order valence-electron chi connectivity index (χ2n) is 4.69. The van der Waals surface area contributed by atoms with Crippen molar-refractivity contribution >= 4 is 23.2 Å². The summed E-state index contributed by atoms with van der Waals surface area (Å²) in [7, 11) is 1.56. The van der Waals surface area contributed by atoms with Crippen molar-refractivity contribution in [3.63, 3.8) is 0 Å². The summed E-state index contributed by atoms with van der Waals surface area (Å²) in [6, 6.07) is 9.72.